The molecule has 0 N–H and O–H groups in total. The average molecular weight is 459 g/mol. The molecule has 3 aromatic carbocycles. The van der Waals surface area contributed by atoms with Crippen molar-refractivity contribution in [2.75, 3.05) is 14.2 Å². The van der Waals surface area contributed by atoms with Crippen molar-refractivity contribution < 1.29 is 18.7 Å². The predicted octanol–water partition coefficient (Wildman–Crippen LogP) is 6.55. The zero-order valence-electron chi connectivity index (χ0n) is 19.7. The van der Waals surface area contributed by atoms with Crippen LogP contribution in [0, 0.1) is 12.7 Å². The lowest BCUT2D eigenvalue weighted by molar-refractivity contribution is 0.128. The standard InChI is InChI=1S/C28H27FN2O3/c1-19(30-34-18-22-8-5-6-11-28(22)33-4)26-17-27(21-12-14-23(29)15-13-21)31(20(26)2)24-9-7-10-25(16-24)32-3/h5-17H,18H2,1-4H3/b30-19-. The Bertz CT molecular complexity index is 1310. The highest BCUT2D eigenvalue weighted by Gasteiger charge is 2.18. The predicted molar refractivity (Wildman–Crippen MR) is 132 cm³/mol. The molecule has 0 aliphatic heterocycles. The first-order chi connectivity index (χ1) is 16.5. The fourth-order valence-corrected chi connectivity index (χ4v) is 3.96. The molecular weight excluding hydrogens is 431 g/mol. The van der Waals surface area contributed by atoms with Gasteiger partial charge in [-0.2, -0.15) is 0 Å². The zero-order chi connectivity index (χ0) is 24.1. The van der Waals surface area contributed by atoms with E-state index in [1.807, 2.05) is 68.4 Å². The highest BCUT2D eigenvalue weighted by Crippen LogP contribution is 2.31. The summed E-state index contributed by atoms with van der Waals surface area (Å²) in [4.78, 5) is 5.68. The summed E-state index contributed by atoms with van der Waals surface area (Å²) in [7, 11) is 3.28. The van der Waals surface area contributed by atoms with E-state index in [0.29, 0.717) is 6.61 Å². The second kappa shape index (κ2) is 10.3. The van der Waals surface area contributed by atoms with Gasteiger partial charge in [-0.15, -0.1) is 0 Å². The van der Waals surface area contributed by atoms with Gasteiger partial charge in [0.15, 0.2) is 0 Å². The summed E-state index contributed by atoms with van der Waals surface area (Å²) in [6.45, 7) is 4.23. The normalized spacial score (nSPS) is 11.4. The van der Waals surface area contributed by atoms with Crippen LogP contribution in [0.15, 0.2) is 84.0 Å². The molecule has 0 aliphatic carbocycles. The van der Waals surface area contributed by atoms with Gasteiger partial charge in [0.1, 0.15) is 23.9 Å². The topological polar surface area (TPSA) is 45.0 Å². The number of hydrogen-bond donors (Lipinski definition) is 0. The second-order valence-electron chi connectivity index (χ2n) is 7.83. The summed E-state index contributed by atoms with van der Waals surface area (Å²) in [6, 6.07) is 24.0. The minimum absolute atomic E-state index is 0.275. The average Bonchev–Trinajstić information content (AvgIpc) is 3.21. The minimum Gasteiger partial charge on any atom is -0.497 e. The zero-order valence-corrected chi connectivity index (χ0v) is 19.7. The Morgan fingerprint density at radius 1 is 0.912 bits per heavy atom. The van der Waals surface area contributed by atoms with Gasteiger partial charge in [-0.3, -0.25) is 0 Å². The van der Waals surface area contributed by atoms with Crippen LogP contribution in [0.3, 0.4) is 0 Å². The van der Waals surface area contributed by atoms with Crippen LogP contribution in [-0.2, 0) is 11.4 Å². The largest absolute Gasteiger partial charge is 0.497 e. The quantitative estimate of drug-likeness (QED) is 0.222. The van der Waals surface area contributed by atoms with Crippen molar-refractivity contribution in [1.29, 1.82) is 0 Å². The Hall–Kier alpha value is -4.06. The molecule has 0 atom stereocenters. The van der Waals surface area contributed by atoms with Gasteiger partial charge < -0.3 is 18.9 Å². The number of ether oxygens (including phenoxy) is 2. The van der Waals surface area contributed by atoms with Crippen LogP contribution in [0.25, 0.3) is 16.9 Å². The summed E-state index contributed by atoms with van der Waals surface area (Å²) in [6.07, 6.45) is 0. The number of aromatic nitrogens is 1. The van der Waals surface area contributed by atoms with Crippen LogP contribution >= 0.6 is 0 Å². The lowest BCUT2D eigenvalue weighted by atomic mass is 10.1. The lowest BCUT2D eigenvalue weighted by Crippen LogP contribution is -2.03. The van der Waals surface area contributed by atoms with E-state index >= 15 is 0 Å². The maximum absolute atomic E-state index is 13.6. The van der Waals surface area contributed by atoms with E-state index in [9.17, 15) is 4.39 Å². The fourth-order valence-electron chi connectivity index (χ4n) is 3.96. The smallest absolute Gasteiger partial charge is 0.145 e. The number of rotatable bonds is 8. The van der Waals surface area contributed by atoms with E-state index < -0.39 is 0 Å². The minimum atomic E-state index is -0.275. The Balaban J connectivity index is 1.72. The van der Waals surface area contributed by atoms with Crippen molar-refractivity contribution in [2.45, 2.75) is 20.5 Å². The third-order valence-electron chi connectivity index (χ3n) is 5.70. The maximum atomic E-state index is 13.6. The van der Waals surface area contributed by atoms with Gasteiger partial charge in [0.05, 0.1) is 25.6 Å². The molecule has 4 rings (SSSR count). The van der Waals surface area contributed by atoms with Gasteiger partial charge in [-0.1, -0.05) is 29.4 Å². The first kappa shape index (κ1) is 23.1. The third kappa shape index (κ3) is 4.81. The van der Waals surface area contributed by atoms with Gasteiger partial charge in [0, 0.05) is 28.6 Å². The molecule has 0 aliphatic rings. The SMILES string of the molecule is COc1cccc(-n2c(-c3ccc(F)cc3)cc(/C(C)=N\OCc3ccccc3OC)c2C)c1. The van der Waals surface area contributed by atoms with Crippen molar-refractivity contribution in [3.8, 4) is 28.4 Å². The molecular formula is C28H27FN2O3. The number of benzene rings is 3. The van der Waals surface area contributed by atoms with E-state index in [1.54, 1.807) is 26.4 Å². The Morgan fingerprint density at radius 3 is 2.41 bits per heavy atom. The summed E-state index contributed by atoms with van der Waals surface area (Å²) < 4.78 is 26.5. The molecule has 5 nitrogen and oxygen atoms in total. The maximum Gasteiger partial charge on any atom is 0.145 e. The molecule has 0 bridgehead atoms. The molecule has 0 saturated carbocycles. The molecule has 1 aromatic heterocycles. The fraction of sp³-hybridized carbons (Fsp3) is 0.179. The molecule has 0 amide bonds. The molecule has 34 heavy (non-hydrogen) atoms. The van der Waals surface area contributed by atoms with Gasteiger partial charge >= 0.3 is 0 Å². The first-order valence-electron chi connectivity index (χ1n) is 10.9. The van der Waals surface area contributed by atoms with Crippen molar-refractivity contribution in [3.05, 3.63) is 102 Å². The summed E-state index contributed by atoms with van der Waals surface area (Å²) in [5.41, 5.74) is 6.31. The monoisotopic (exact) mass is 458 g/mol. The second-order valence-corrected chi connectivity index (χ2v) is 7.83. The molecule has 0 radical (unpaired) electrons. The summed E-state index contributed by atoms with van der Waals surface area (Å²) >= 11 is 0. The van der Waals surface area contributed by atoms with Crippen molar-refractivity contribution in [2.24, 2.45) is 5.16 Å². The van der Waals surface area contributed by atoms with E-state index in [-0.39, 0.29) is 5.82 Å². The van der Waals surface area contributed by atoms with E-state index in [4.69, 9.17) is 14.3 Å². The molecule has 6 heteroatoms. The molecule has 1 heterocycles. The van der Waals surface area contributed by atoms with Crippen LogP contribution in [0.1, 0.15) is 23.7 Å². The van der Waals surface area contributed by atoms with Gasteiger partial charge in [0.25, 0.3) is 0 Å². The number of nitrogens with zero attached hydrogens (tertiary/aromatic N) is 2. The number of methoxy groups -OCH3 is 2. The van der Waals surface area contributed by atoms with E-state index in [2.05, 4.69) is 9.72 Å². The Kier molecular flexibility index (Phi) is 6.97. The highest BCUT2D eigenvalue weighted by molar-refractivity contribution is 6.01. The molecule has 0 spiro atoms. The third-order valence-corrected chi connectivity index (χ3v) is 5.70. The van der Waals surface area contributed by atoms with Crippen LogP contribution in [0.5, 0.6) is 11.5 Å². The van der Waals surface area contributed by atoms with Crippen molar-refractivity contribution >= 4 is 5.71 Å². The first-order valence-corrected chi connectivity index (χ1v) is 10.9. The number of hydrogen-bond acceptors (Lipinski definition) is 4. The van der Waals surface area contributed by atoms with Crippen molar-refractivity contribution in [3.63, 3.8) is 0 Å². The van der Waals surface area contributed by atoms with Gasteiger partial charge in [-0.25, -0.2) is 4.39 Å². The highest BCUT2D eigenvalue weighted by atomic mass is 19.1. The van der Waals surface area contributed by atoms with Crippen LogP contribution in [-0.4, -0.2) is 24.5 Å². The van der Waals surface area contributed by atoms with Crippen LogP contribution in [0.4, 0.5) is 4.39 Å². The molecule has 4 aromatic rings. The Morgan fingerprint density at radius 2 is 1.68 bits per heavy atom. The number of para-hydroxylation sites is 1. The Labute approximate surface area is 199 Å². The van der Waals surface area contributed by atoms with Gasteiger partial charge in [0.2, 0.25) is 0 Å². The van der Waals surface area contributed by atoms with Crippen molar-refractivity contribution in [1.82, 2.24) is 4.57 Å². The molecule has 0 fully saturated rings. The van der Waals surface area contributed by atoms with E-state index in [0.717, 1.165) is 51.0 Å². The summed E-state index contributed by atoms with van der Waals surface area (Å²) in [5, 5.41) is 4.38. The number of halogens is 1. The molecule has 174 valence electrons. The number of oxime groups is 1. The molecule has 0 unspecified atom stereocenters. The molecule has 0 saturated heterocycles. The lowest BCUT2D eigenvalue weighted by Gasteiger charge is -2.13. The van der Waals surface area contributed by atoms with Crippen LogP contribution < -0.4 is 9.47 Å². The summed E-state index contributed by atoms with van der Waals surface area (Å²) in [5.74, 6) is 1.24. The van der Waals surface area contributed by atoms with E-state index in [1.165, 1.54) is 12.1 Å². The van der Waals surface area contributed by atoms with Gasteiger partial charge in [-0.05, 0) is 67.9 Å². The van der Waals surface area contributed by atoms with Crippen LogP contribution in [0.2, 0.25) is 0 Å².